The van der Waals surface area contributed by atoms with Crippen molar-refractivity contribution in [3.05, 3.63) is 126 Å². The number of likely N-dealkylation sites (tertiary alicyclic amines) is 1. The van der Waals surface area contributed by atoms with Crippen molar-refractivity contribution in [3.8, 4) is 11.3 Å². The molecule has 2 aromatic heterocycles. The molecule has 10 heteroatoms. The zero-order valence-corrected chi connectivity index (χ0v) is 26.5. The Kier molecular flexibility index (Phi) is 10.8. The first-order valence-corrected chi connectivity index (χ1v) is 15.6. The van der Waals surface area contributed by atoms with E-state index in [2.05, 4.69) is 14.9 Å². The molecule has 0 aliphatic carbocycles. The third kappa shape index (κ3) is 8.92. The number of hydrogen-bond acceptors (Lipinski definition) is 5. The molecule has 1 saturated heterocycles. The topological polar surface area (TPSA) is 69.6 Å². The van der Waals surface area contributed by atoms with Gasteiger partial charge in [-0.25, -0.2) is 0 Å². The van der Waals surface area contributed by atoms with E-state index in [0.29, 0.717) is 31.1 Å². The van der Waals surface area contributed by atoms with Crippen LogP contribution < -0.4 is 0 Å². The summed E-state index contributed by atoms with van der Waals surface area (Å²) in [5.74, 6) is -0.565. The van der Waals surface area contributed by atoms with Gasteiger partial charge in [0.1, 0.15) is 11.7 Å². The Hall–Kier alpha value is -4.83. The maximum absolute atomic E-state index is 14.3. The van der Waals surface area contributed by atoms with Gasteiger partial charge in [0.25, 0.3) is 0 Å². The molecule has 1 fully saturated rings. The molecule has 1 aliphatic heterocycles. The Balaban J connectivity index is 1.46. The number of alkyl halides is 3. The molecule has 3 heterocycles. The fourth-order valence-corrected chi connectivity index (χ4v) is 5.77. The van der Waals surface area contributed by atoms with Crippen molar-refractivity contribution in [1.82, 2.24) is 24.7 Å². The van der Waals surface area contributed by atoms with Crippen LogP contribution in [0.15, 0.2) is 103 Å². The predicted molar refractivity (Wildman–Crippen MR) is 176 cm³/mol. The van der Waals surface area contributed by atoms with Gasteiger partial charge in [-0.2, -0.15) is 13.2 Å². The number of pyridine rings is 2. The van der Waals surface area contributed by atoms with Gasteiger partial charge in [0.05, 0.1) is 5.69 Å². The number of benzene rings is 2. The fourth-order valence-electron chi connectivity index (χ4n) is 5.77. The first-order valence-electron chi connectivity index (χ1n) is 15.6. The minimum Gasteiger partial charge on any atom is -0.341 e. The zero-order chi connectivity index (χ0) is 33.4. The number of nitrogens with zero attached hydrogens (tertiary/aromatic N) is 5. The molecule has 2 aromatic carbocycles. The van der Waals surface area contributed by atoms with Crippen molar-refractivity contribution in [2.75, 3.05) is 27.2 Å². The van der Waals surface area contributed by atoms with Gasteiger partial charge in [-0.3, -0.25) is 19.6 Å². The van der Waals surface area contributed by atoms with Gasteiger partial charge in [0.2, 0.25) is 11.8 Å². The van der Waals surface area contributed by atoms with Crippen molar-refractivity contribution in [2.45, 2.75) is 44.1 Å². The molecule has 47 heavy (non-hydrogen) atoms. The number of carbonyl (C=O) groups excluding carboxylic acids is 2. The highest BCUT2D eigenvalue weighted by Gasteiger charge is 2.35. The van der Waals surface area contributed by atoms with Gasteiger partial charge in [-0.05, 0) is 67.9 Å². The van der Waals surface area contributed by atoms with Crippen LogP contribution in [0.4, 0.5) is 13.2 Å². The van der Waals surface area contributed by atoms with Crippen LogP contribution in [0, 0.1) is 0 Å². The number of piperidine rings is 1. The number of halogens is 3. The maximum Gasteiger partial charge on any atom is 0.433 e. The highest BCUT2D eigenvalue weighted by molar-refractivity contribution is 5.95. The molecule has 0 bridgehead atoms. The lowest BCUT2D eigenvalue weighted by Gasteiger charge is -2.39. The minimum atomic E-state index is -4.56. The van der Waals surface area contributed by atoms with Crippen LogP contribution in [0.25, 0.3) is 17.3 Å². The van der Waals surface area contributed by atoms with Crippen molar-refractivity contribution < 1.29 is 22.8 Å². The molecule has 0 saturated carbocycles. The van der Waals surface area contributed by atoms with Crippen molar-refractivity contribution in [1.29, 1.82) is 0 Å². The summed E-state index contributed by atoms with van der Waals surface area (Å²) in [6, 6.07) is 24.7. The summed E-state index contributed by atoms with van der Waals surface area (Å²) in [5, 5.41) is 0. The molecule has 2 amide bonds. The summed E-state index contributed by atoms with van der Waals surface area (Å²) in [7, 11) is 4.08. The molecule has 0 radical (unpaired) electrons. The van der Waals surface area contributed by atoms with E-state index in [9.17, 15) is 22.8 Å². The summed E-state index contributed by atoms with van der Waals surface area (Å²) < 4.78 is 39.1. The molecule has 5 rings (SSSR count). The Bertz CT molecular complexity index is 1640. The largest absolute Gasteiger partial charge is 0.433 e. The minimum absolute atomic E-state index is 0.130. The molecule has 0 spiro atoms. The number of rotatable bonds is 10. The van der Waals surface area contributed by atoms with Crippen LogP contribution in [-0.4, -0.2) is 75.8 Å². The van der Waals surface area contributed by atoms with Gasteiger partial charge in [0.15, 0.2) is 0 Å². The second-order valence-electron chi connectivity index (χ2n) is 11.9. The fraction of sp³-hybridized carbons (Fsp3) is 0.297. The first-order chi connectivity index (χ1) is 22.6. The van der Waals surface area contributed by atoms with E-state index >= 15 is 0 Å². The summed E-state index contributed by atoms with van der Waals surface area (Å²) >= 11 is 0. The van der Waals surface area contributed by atoms with Crippen molar-refractivity contribution in [3.63, 3.8) is 0 Å². The molecular weight excluding hydrogens is 603 g/mol. The highest BCUT2D eigenvalue weighted by Crippen LogP contribution is 2.27. The second-order valence-corrected chi connectivity index (χ2v) is 11.9. The maximum atomic E-state index is 14.3. The van der Waals surface area contributed by atoms with Crippen molar-refractivity contribution >= 4 is 17.9 Å². The lowest BCUT2D eigenvalue weighted by atomic mass is 9.98. The quantitative estimate of drug-likeness (QED) is 0.188. The van der Waals surface area contributed by atoms with Gasteiger partial charge in [0, 0.05) is 56.1 Å². The summed E-state index contributed by atoms with van der Waals surface area (Å²) in [6.07, 6.45) is 2.95. The number of carbonyl (C=O) groups is 2. The lowest BCUT2D eigenvalue weighted by molar-refractivity contribution is -0.145. The average Bonchev–Trinajstić information content (AvgIpc) is 3.09. The molecule has 1 aliphatic rings. The lowest BCUT2D eigenvalue weighted by Crippen LogP contribution is -2.54. The number of hydrogen-bond donors (Lipinski definition) is 0. The number of aromatic nitrogens is 2. The molecule has 244 valence electrons. The van der Waals surface area contributed by atoms with Gasteiger partial charge in [-0.15, -0.1) is 0 Å². The van der Waals surface area contributed by atoms with Crippen molar-refractivity contribution in [2.24, 2.45) is 0 Å². The Morgan fingerprint density at radius 1 is 0.894 bits per heavy atom. The van der Waals surface area contributed by atoms with E-state index in [0.717, 1.165) is 47.5 Å². The third-order valence-electron chi connectivity index (χ3n) is 8.49. The number of amides is 2. The van der Waals surface area contributed by atoms with Crippen LogP contribution >= 0.6 is 0 Å². The van der Waals surface area contributed by atoms with Crippen LogP contribution in [-0.2, 0) is 28.7 Å². The Labute approximate surface area is 273 Å². The van der Waals surface area contributed by atoms with Crippen LogP contribution in [0.5, 0.6) is 0 Å². The average molecular weight is 642 g/mol. The molecule has 0 N–H and O–H groups in total. The van der Waals surface area contributed by atoms with E-state index in [1.165, 1.54) is 18.2 Å². The summed E-state index contributed by atoms with van der Waals surface area (Å²) in [6.45, 7) is 1.32. The molecular formula is C37H38F3N5O2. The van der Waals surface area contributed by atoms with Gasteiger partial charge >= 0.3 is 6.18 Å². The SMILES string of the molecule is CN(C)C1CCN(C(=O)[C@H](Cc2ccccc2)N(Cc2ccc(-c3ccccn3)cc2)C(=O)/C=C/c2ccc(C(F)(F)F)nc2)CC1. The van der Waals surface area contributed by atoms with Crippen LogP contribution in [0.2, 0.25) is 0 Å². The normalized spacial score (nSPS) is 14.8. The summed E-state index contributed by atoms with van der Waals surface area (Å²) in [5.41, 5.74) is 2.79. The standard InChI is InChI=1S/C37H38F3N5O2/c1-43(2)31-19-22-44(23-20-31)36(47)33(24-27-8-4-3-5-9-27)45(26-29-11-15-30(16-12-29)32-10-6-7-21-41-32)35(46)18-14-28-13-17-34(42-25-28)37(38,39)40/h3-18,21,25,31,33H,19-20,22-24,26H2,1-2H3/b18-14+/t33-/m0/s1. The zero-order valence-electron chi connectivity index (χ0n) is 26.5. The van der Waals surface area contributed by atoms with E-state index in [-0.39, 0.29) is 12.5 Å². The molecule has 4 aromatic rings. The highest BCUT2D eigenvalue weighted by atomic mass is 19.4. The Morgan fingerprint density at radius 3 is 2.19 bits per heavy atom. The second kappa shape index (κ2) is 15.2. The van der Waals surface area contributed by atoms with Gasteiger partial charge in [-0.1, -0.05) is 66.7 Å². The molecule has 1 atom stereocenters. The van der Waals surface area contributed by atoms with E-state index < -0.39 is 23.8 Å². The Morgan fingerprint density at radius 2 is 1.60 bits per heavy atom. The smallest absolute Gasteiger partial charge is 0.341 e. The monoisotopic (exact) mass is 641 g/mol. The first kappa shape index (κ1) is 33.5. The van der Waals surface area contributed by atoms with Gasteiger partial charge < -0.3 is 14.7 Å². The predicted octanol–water partition coefficient (Wildman–Crippen LogP) is 6.37. The molecule has 7 nitrogen and oxygen atoms in total. The third-order valence-corrected chi connectivity index (χ3v) is 8.49. The van der Waals surface area contributed by atoms with E-state index in [1.807, 2.05) is 91.8 Å². The van der Waals surface area contributed by atoms with E-state index in [1.54, 1.807) is 11.1 Å². The van der Waals surface area contributed by atoms with Crippen LogP contribution in [0.3, 0.4) is 0 Å². The summed E-state index contributed by atoms with van der Waals surface area (Å²) in [4.78, 5) is 41.9. The molecule has 0 unspecified atom stereocenters. The van der Waals surface area contributed by atoms with E-state index in [4.69, 9.17) is 0 Å². The van der Waals surface area contributed by atoms with Crippen LogP contribution in [0.1, 0.15) is 35.2 Å².